The molecule has 0 radical (unpaired) electrons. The highest BCUT2D eigenvalue weighted by atomic mass is 16.5. The molecule has 1 spiro atoms. The molecule has 1 aliphatic carbocycles. The number of hydrogen-bond acceptors (Lipinski definition) is 3. The van der Waals surface area contributed by atoms with Crippen LogP contribution < -0.4 is 0 Å². The van der Waals surface area contributed by atoms with Crippen molar-refractivity contribution >= 4 is 0 Å². The van der Waals surface area contributed by atoms with Gasteiger partial charge < -0.3 is 14.9 Å². The van der Waals surface area contributed by atoms with E-state index in [4.69, 9.17) is 4.74 Å². The number of aromatic hydroxyl groups is 2. The van der Waals surface area contributed by atoms with Crippen molar-refractivity contribution in [3.63, 3.8) is 0 Å². The summed E-state index contributed by atoms with van der Waals surface area (Å²) in [5.74, 6) is 0.278. The summed E-state index contributed by atoms with van der Waals surface area (Å²) in [7, 11) is 0. The van der Waals surface area contributed by atoms with Gasteiger partial charge in [0.1, 0.15) is 6.10 Å². The SMILES string of the molecule is CC(C)c1cc2c(c(O)c1O)C[C@]13CCCC(C)(C)C1=C[C@H]2O3. The van der Waals surface area contributed by atoms with Gasteiger partial charge in [0.25, 0.3) is 0 Å². The number of rotatable bonds is 1. The van der Waals surface area contributed by atoms with Crippen LogP contribution in [0.5, 0.6) is 11.5 Å². The minimum Gasteiger partial charge on any atom is -0.504 e. The van der Waals surface area contributed by atoms with Gasteiger partial charge in [-0.25, -0.2) is 0 Å². The number of benzene rings is 1. The molecule has 0 saturated heterocycles. The van der Waals surface area contributed by atoms with E-state index in [1.54, 1.807) is 0 Å². The maximum atomic E-state index is 10.6. The second-order valence-corrected chi connectivity index (χ2v) is 8.41. The van der Waals surface area contributed by atoms with Gasteiger partial charge in [0.15, 0.2) is 11.5 Å². The van der Waals surface area contributed by atoms with Crippen molar-refractivity contribution in [1.82, 2.24) is 0 Å². The van der Waals surface area contributed by atoms with Gasteiger partial charge in [-0.2, -0.15) is 0 Å². The Morgan fingerprint density at radius 1 is 1.17 bits per heavy atom. The van der Waals surface area contributed by atoms with Crippen molar-refractivity contribution < 1.29 is 14.9 Å². The van der Waals surface area contributed by atoms with Crippen LogP contribution in [0, 0.1) is 5.41 Å². The van der Waals surface area contributed by atoms with Crippen molar-refractivity contribution in [2.45, 2.75) is 71.0 Å². The summed E-state index contributed by atoms with van der Waals surface area (Å²) in [6.07, 6.45) is 6.20. The number of ether oxygens (including phenoxy) is 1. The molecule has 0 unspecified atom stereocenters. The zero-order valence-electron chi connectivity index (χ0n) is 14.4. The first-order valence-electron chi connectivity index (χ1n) is 8.73. The van der Waals surface area contributed by atoms with Crippen molar-refractivity contribution in [2.75, 3.05) is 0 Å². The molecule has 2 heterocycles. The van der Waals surface area contributed by atoms with Gasteiger partial charge >= 0.3 is 0 Å². The maximum absolute atomic E-state index is 10.6. The van der Waals surface area contributed by atoms with Crippen LogP contribution in [0.4, 0.5) is 0 Å². The molecule has 2 bridgehead atoms. The van der Waals surface area contributed by atoms with Crippen molar-refractivity contribution in [1.29, 1.82) is 0 Å². The molecule has 3 aliphatic rings. The van der Waals surface area contributed by atoms with Gasteiger partial charge in [0.05, 0.1) is 5.60 Å². The van der Waals surface area contributed by atoms with Gasteiger partial charge in [0, 0.05) is 17.5 Å². The number of phenols is 2. The van der Waals surface area contributed by atoms with Crippen LogP contribution in [-0.4, -0.2) is 15.8 Å². The average molecular weight is 314 g/mol. The van der Waals surface area contributed by atoms with Gasteiger partial charge in [-0.3, -0.25) is 0 Å². The highest BCUT2D eigenvalue weighted by Gasteiger charge is 2.54. The van der Waals surface area contributed by atoms with E-state index in [-0.39, 0.29) is 34.5 Å². The third-order valence-corrected chi connectivity index (χ3v) is 6.11. The van der Waals surface area contributed by atoms with Gasteiger partial charge in [-0.05, 0) is 53.9 Å². The van der Waals surface area contributed by atoms with Crippen molar-refractivity contribution in [3.8, 4) is 11.5 Å². The molecule has 2 N–H and O–H groups in total. The fraction of sp³-hybridized carbons (Fsp3) is 0.600. The molecule has 2 atom stereocenters. The lowest BCUT2D eigenvalue weighted by Gasteiger charge is -2.46. The molecule has 4 rings (SSSR count). The quantitative estimate of drug-likeness (QED) is 0.582. The van der Waals surface area contributed by atoms with Gasteiger partial charge in [-0.1, -0.05) is 27.7 Å². The van der Waals surface area contributed by atoms with E-state index in [1.807, 2.05) is 19.9 Å². The van der Waals surface area contributed by atoms with E-state index in [1.165, 1.54) is 12.0 Å². The summed E-state index contributed by atoms with van der Waals surface area (Å²) < 4.78 is 6.50. The van der Waals surface area contributed by atoms with Crippen LogP contribution in [0.15, 0.2) is 17.7 Å². The summed E-state index contributed by atoms with van der Waals surface area (Å²) >= 11 is 0. The Morgan fingerprint density at radius 3 is 2.61 bits per heavy atom. The van der Waals surface area contributed by atoms with Gasteiger partial charge in [0.2, 0.25) is 0 Å². The first-order chi connectivity index (χ1) is 10.8. The summed E-state index contributed by atoms with van der Waals surface area (Å²) in [4.78, 5) is 0. The van der Waals surface area contributed by atoms with Crippen LogP contribution in [0.25, 0.3) is 0 Å². The third kappa shape index (κ3) is 1.92. The Labute approximate surface area is 138 Å². The second-order valence-electron chi connectivity index (χ2n) is 8.41. The van der Waals surface area contributed by atoms with Crippen molar-refractivity contribution in [2.24, 2.45) is 5.41 Å². The zero-order chi connectivity index (χ0) is 16.6. The minimum absolute atomic E-state index is 0.0491. The van der Waals surface area contributed by atoms with Gasteiger partial charge in [-0.15, -0.1) is 0 Å². The topological polar surface area (TPSA) is 49.7 Å². The van der Waals surface area contributed by atoms with Crippen molar-refractivity contribution in [3.05, 3.63) is 34.4 Å². The Hall–Kier alpha value is -1.48. The molecule has 1 saturated carbocycles. The van der Waals surface area contributed by atoms with E-state index < -0.39 is 0 Å². The fourth-order valence-electron chi connectivity index (χ4n) is 4.91. The molecule has 1 aromatic carbocycles. The largest absolute Gasteiger partial charge is 0.504 e. The normalized spacial score (nSPS) is 30.8. The Morgan fingerprint density at radius 2 is 1.91 bits per heavy atom. The highest BCUT2D eigenvalue weighted by Crippen LogP contribution is 2.60. The predicted molar refractivity (Wildman–Crippen MR) is 89.8 cm³/mol. The van der Waals surface area contributed by atoms with E-state index in [9.17, 15) is 10.2 Å². The monoisotopic (exact) mass is 314 g/mol. The standard InChI is InChI=1S/C20H26O3/c1-11(2)12-8-13-14(18(22)17(12)21)10-20-7-5-6-19(3,4)16(20)9-15(13)23-20/h8-9,11,15,21-22H,5-7,10H2,1-4H3/t15-,20-/m1/s1. The Bertz CT molecular complexity index is 714. The first kappa shape index (κ1) is 15.1. The van der Waals surface area contributed by atoms with Crippen LogP contribution in [0.3, 0.4) is 0 Å². The molecule has 2 aliphatic heterocycles. The summed E-state index contributed by atoms with van der Waals surface area (Å²) in [6, 6.07) is 2.04. The number of phenolic OH excluding ortho intramolecular Hbond substituents is 2. The maximum Gasteiger partial charge on any atom is 0.161 e. The van der Waals surface area contributed by atoms with E-state index in [0.717, 1.165) is 29.5 Å². The van der Waals surface area contributed by atoms with Crippen LogP contribution in [-0.2, 0) is 11.2 Å². The lowest BCUT2D eigenvalue weighted by atomic mass is 9.64. The predicted octanol–water partition coefficient (Wildman–Crippen LogP) is 4.72. The fourth-order valence-corrected chi connectivity index (χ4v) is 4.91. The highest BCUT2D eigenvalue weighted by molar-refractivity contribution is 5.60. The molecule has 124 valence electrons. The first-order valence-corrected chi connectivity index (χ1v) is 8.73. The minimum atomic E-state index is -0.275. The molecule has 1 fully saturated rings. The molecular weight excluding hydrogens is 288 g/mol. The Balaban J connectivity index is 1.90. The second kappa shape index (κ2) is 4.54. The number of hydrogen-bond donors (Lipinski definition) is 2. The summed E-state index contributed by atoms with van der Waals surface area (Å²) in [6.45, 7) is 8.65. The van der Waals surface area contributed by atoms with Crippen LogP contribution in [0.2, 0.25) is 0 Å². The zero-order valence-corrected chi connectivity index (χ0v) is 14.4. The molecule has 3 heteroatoms. The Kier molecular flexibility index (Phi) is 2.97. The van der Waals surface area contributed by atoms with E-state index in [0.29, 0.717) is 6.42 Å². The van der Waals surface area contributed by atoms with E-state index >= 15 is 0 Å². The third-order valence-electron chi connectivity index (χ3n) is 6.11. The molecule has 0 amide bonds. The molecule has 0 aromatic heterocycles. The summed E-state index contributed by atoms with van der Waals surface area (Å²) in [5.41, 5.74) is 3.98. The summed E-state index contributed by atoms with van der Waals surface area (Å²) in [5, 5.41) is 21.0. The number of fused-ring (bicyclic) bond motifs is 3. The van der Waals surface area contributed by atoms with E-state index in [2.05, 4.69) is 19.9 Å². The van der Waals surface area contributed by atoms with Crippen LogP contribution in [0.1, 0.15) is 75.7 Å². The molecular formula is C20H26O3. The van der Waals surface area contributed by atoms with Crippen LogP contribution >= 0.6 is 0 Å². The molecule has 3 nitrogen and oxygen atoms in total. The lowest BCUT2D eigenvalue weighted by molar-refractivity contribution is -0.0677. The lowest BCUT2D eigenvalue weighted by Crippen LogP contribution is -2.44. The molecule has 23 heavy (non-hydrogen) atoms. The molecule has 1 aromatic rings. The smallest absolute Gasteiger partial charge is 0.161 e. The average Bonchev–Trinajstić information content (AvgIpc) is 2.78.